The van der Waals surface area contributed by atoms with Gasteiger partial charge in [0.1, 0.15) is 0 Å². The van der Waals surface area contributed by atoms with Crippen LogP contribution < -0.4 is 11.3 Å². The molecule has 0 aromatic carbocycles. The van der Waals surface area contributed by atoms with Gasteiger partial charge in [-0.3, -0.25) is 11.3 Å². The van der Waals surface area contributed by atoms with Crippen molar-refractivity contribution in [3.05, 3.63) is 20.8 Å². The number of ether oxygens (including phenoxy) is 2. The van der Waals surface area contributed by atoms with Crippen LogP contribution in [0.3, 0.4) is 0 Å². The molecule has 2 fully saturated rings. The first-order valence-corrected chi connectivity index (χ1v) is 8.82. The molecule has 1 aromatic rings. The predicted octanol–water partition coefficient (Wildman–Crippen LogP) is 3.19. The second-order valence-corrected chi connectivity index (χ2v) is 7.43. The average Bonchev–Trinajstić information content (AvgIpc) is 2.82. The predicted molar refractivity (Wildman–Crippen MR) is 85.6 cm³/mol. The molecule has 0 amide bonds. The summed E-state index contributed by atoms with van der Waals surface area (Å²) in [5, 5.41) is 2.96. The molecule has 3 rings (SSSR count). The monoisotopic (exact) mass is 330 g/mol. The molecule has 2 aliphatic rings. The van der Waals surface area contributed by atoms with E-state index in [-0.39, 0.29) is 11.6 Å². The number of nitrogens with one attached hydrogen (secondary N) is 1. The lowest BCUT2D eigenvalue weighted by molar-refractivity contribution is -0.150. The van der Waals surface area contributed by atoms with E-state index in [0.29, 0.717) is 5.92 Å². The zero-order valence-corrected chi connectivity index (χ0v) is 13.9. The molecule has 118 valence electrons. The summed E-state index contributed by atoms with van der Waals surface area (Å²) in [6.07, 6.45) is 4.01. The molecule has 3 heterocycles. The van der Waals surface area contributed by atoms with Gasteiger partial charge in [0, 0.05) is 24.7 Å². The summed E-state index contributed by atoms with van der Waals surface area (Å²) in [5.74, 6) is 6.32. The topological polar surface area (TPSA) is 56.5 Å². The Bertz CT molecular complexity index is 483. The van der Waals surface area contributed by atoms with Crippen LogP contribution in [0.4, 0.5) is 0 Å². The average molecular weight is 331 g/mol. The van der Waals surface area contributed by atoms with Crippen molar-refractivity contribution in [1.82, 2.24) is 5.43 Å². The summed E-state index contributed by atoms with van der Waals surface area (Å²) in [5.41, 5.74) is 4.11. The molecule has 3 N–H and O–H groups in total. The van der Waals surface area contributed by atoms with Gasteiger partial charge < -0.3 is 9.47 Å². The van der Waals surface area contributed by atoms with Gasteiger partial charge in [-0.2, -0.15) is 0 Å². The Balaban J connectivity index is 1.79. The minimum atomic E-state index is -0.0188. The van der Waals surface area contributed by atoms with Crippen molar-refractivity contribution in [2.75, 3.05) is 19.8 Å². The van der Waals surface area contributed by atoms with Crippen LogP contribution in [0.1, 0.15) is 42.2 Å². The van der Waals surface area contributed by atoms with Gasteiger partial charge in [-0.05, 0) is 49.5 Å². The fourth-order valence-electron chi connectivity index (χ4n) is 3.53. The van der Waals surface area contributed by atoms with Crippen LogP contribution in [0.25, 0.3) is 0 Å². The van der Waals surface area contributed by atoms with Crippen LogP contribution in [-0.2, 0) is 9.47 Å². The first kappa shape index (κ1) is 15.7. The van der Waals surface area contributed by atoms with E-state index in [1.54, 1.807) is 11.3 Å². The van der Waals surface area contributed by atoms with Crippen molar-refractivity contribution < 1.29 is 9.47 Å². The fraction of sp³-hybridized carbons (Fsp3) is 0.733. The van der Waals surface area contributed by atoms with Gasteiger partial charge in [-0.25, -0.2) is 0 Å². The van der Waals surface area contributed by atoms with Gasteiger partial charge in [-0.15, -0.1) is 11.3 Å². The van der Waals surface area contributed by atoms with E-state index in [1.165, 1.54) is 0 Å². The van der Waals surface area contributed by atoms with Crippen molar-refractivity contribution in [3.63, 3.8) is 0 Å². The number of aryl methyl sites for hydroxylation is 1. The summed E-state index contributed by atoms with van der Waals surface area (Å²) >= 11 is 8.14. The summed E-state index contributed by atoms with van der Waals surface area (Å²) in [7, 11) is 0. The highest BCUT2D eigenvalue weighted by atomic mass is 35.5. The summed E-state index contributed by atoms with van der Waals surface area (Å²) < 4.78 is 11.6. The lowest BCUT2D eigenvalue weighted by atomic mass is 9.77. The summed E-state index contributed by atoms with van der Waals surface area (Å²) in [6, 6.07) is 0.111. The lowest BCUT2D eigenvalue weighted by Crippen LogP contribution is -2.47. The third kappa shape index (κ3) is 3.14. The van der Waals surface area contributed by atoms with Crippen LogP contribution in [-0.4, -0.2) is 25.4 Å². The number of thiophene rings is 1. The van der Waals surface area contributed by atoms with Gasteiger partial charge in [0.2, 0.25) is 0 Å². The van der Waals surface area contributed by atoms with E-state index < -0.39 is 0 Å². The first-order valence-electron chi connectivity index (χ1n) is 7.56. The largest absolute Gasteiger partial charge is 0.381 e. The maximum atomic E-state index is 6.44. The first-order chi connectivity index (χ1) is 10.2. The number of rotatable bonds is 3. The van der Waals surface area contributed by atoms with E-state index in [2.05, 4.69) is 10.8 Å². The molecular weight excluding hydrogens is 308 g/mol. The molecule has 1 spiro atoms. The highest BCUT2D eigenvalue weighted by molar-refractivity contribution is 7.10. The standard InChI is InChI=1S/C15H23ClN2O2S/c1-10-9-21-14(12(10)16)13(18-17)11-2-5-20-15(8-11)3-6-19-7-4-15/h9,11,13,18H,2-8,17H2,1H3. The Morgan fingerprint density at radius 1 is 1.43 bits per heavy atom. The quantitative estimate of drug-likeness (QED) is 0.660. The minimum Gasteiger partial charge on any atom is -0.381 e. The van der Waals surface area contributed by atoms with E-state index in [9.17, 15) is 0 Å². The molecule has 0 aliphatic carbocycles. The van der Waals surface area contributed by atoms with Gasteiger partial charge in [0.15, 0.2) is 0 Å². The fourth-order valence-corrected chi connectivity index (χ4v) is 4.99. The Morgan fingerprint density at radius 2 is 2.19 bits per heavy atom. The van der Waals surface area contributed by atoms with Gasteiger partial charge in [-0.1, -0.05) is 11.6 Å². The highest BCUT2D eigenvalue weighted by Crippen LogP contribution is 2.44. The molecule has 0 bridgehead atoms. The summed E-state index contributed by atoms with van der Waals surface area (Å²) in [4.78, 5) is 1.16. The second kappa shape index (κ2) is 6.52. The van der Waals surface area contributed by atoms with E-state index in [4.69, 9.17) is 26.9 Å². The molecule has 6 heteroatoms. The number of hydrazine groups is 1. The van der Waals surface area contributed by atoms with Crippen molar-refractivity contribution >= 4 is 22.9 Å². The van der Waals surface area contributed by atoms with Crippen LogP contribution in [0.5, 0.6) is 0 Å². The van der Waals surface area contributed by atoms with Crippen molar-refractivity contribution in [3.8, 4) is 0 Å². The molecule has 2 atom stereocenters. The third-order valence-corrected chi connectivity index (χ3v) is 6.59. The molecule has 21 heavy (non-hydrogen) atoms. The highest BCUT2D eigenvalue weighted by Gasteiger charge is 2.42. The van der Waals surface area contributed by atoms with Gasteiger partial charge in [0.05, 0.1) is 16.7 Å². The molecule has 2 unspecified atom stereocenters. The number of hydrogen-bond donors (Lipinski definition) is 2. The Labute approximate surface area is 134 Å². The molecule has 2 saturated heterocycles. The summed E-state index contributed by atoms with van der Waals surface area (Å²) in [6.45, 7) is 4.43. The Hall–Kier alpha value is -0.170. The van der Waals surface area contributed by atoms with Crippen LogP contribution in [0.2, 0.25) is 5.02 Å². The maximum Gasteiger partial charge on any atom is 0.0729 e. The Kier molecular flexibility index (Phi) is 4.88. The number of hydrogen-bond acceptors (Lipinski definition) is 5. The van der Waals surface area contributed by atoms with E-state index in [0.717, 1.165) is 61.0 Å². The van der Waals surface area contributed by atoms with Crippen molar-refractivity contribution in [2.45, 2.75) is 44.2 Å². The second-order valence-electron chi connectivity index (χ2n) is 6.14. The third-order valence-electron chi connectivity index (χ3n) is 4.79. The zero-order chi connectivity index (χ0) is 14.9. The van der Waals surface area contributed by atoms with Crippen molar-refractivity contribution in [2.24, 2.45) is 11.8 Å². The van der Waals surface area contributed by atoms with Gasteiger partial charge >= 0.3 is 0 Å². The molecule has 0 saturated carbocycles. The molecule has 1 aromatic heterocycles. The normalized spacial score (nSPS) is 26.9. The smallest absolute Gasteiger partial charge is 0.0729 e. The number of nitrogens with two attached hydrogens (primary N) is 1. The minimum absolute atomic E-state index is 0.0188. The maximum absolute atomic E-state index is 6.44. The zero-order valence-electron chi connectivity index (χ0n) is 12.4. The molecular formula is C15H23ClN2O2S. The van der Waals surface area contributed by atoms with Crippen molar-refractivity contribution in [1.29, 1.82) is 0 Å². The lowest BCUT2D eigenvalue weighted by Gasteiger charge is -2.45. The molecule has 0 radical (unpaired) electrons. The molecule has 2 aliphatic heterocycles. The number of halogens is 1. The van der Waals surface area contributed by atoms with Crippen LogP contribution in [0, 0.1) is 12.8 Å². The molecule has 4 nitrogen and oxygen atoms in total. The SMILES string of the molecule is Cc1csc(C(NN)C2CCOC3(CCOCC3)C2)c1Cl. The van der Waals surface area contributed by atoms with E-state index >= 15 is 0 Å². The van der Waals surface area contributed by atoms with Crippen LogP contribution >= 0.6 is 22.9 Å². The van der Waals surface area contributed by atoms with Crippen LogP contribution in [0.15, 0.2) is 5.38 Å². The van der Waals surface area contributed by atoms with E-state index in [1.807, 2.05) is 6.92 Å². The van der Waals surface area contributed by atoms with Gasteiger partial charge in [0.25, 0.3) is 0 Å². The Morgan fingerprint density at radius 3 is 2.81 bits per heavy atom.